The van der Waals surface area contributed by atoms with Crippen molar-refractivity contribution in [3.05, 3.63) is 60.2 Å². The van der Waals surface area contributed by atoms with Crippen molar-refractivity contribution in [2.24, 2.45) is 0 Å². The fourth-order valence-electron chi connectivity index (χ4n) is 2.74. The highest BCUT2D eigenvalue weighted by atomic mass is 32.2. The molecule has 1 aliphatic heterocycles. The summed E-state index contributed by atoms with van der Waals surface area (Å²) in [5, 5.41) is 13.7. The Bertz CT molecular complexity index is 692. The van der Waals surface area contributed by atoms with Crippen LogP contribution in [0.2, 0.25) is 0 Å². The molecule has 126 valence electrons. The van der Waals surface area contributed by atoms with E-state index in [0.29, 0.717) is 31.0 Å². The number of rotatable bonds is 6. The second-order valence-electron chi connectivity index (χ2n) is 5.81. The summed E-state index contributed by atoms with van der Waals surface area (Å²) in [6, 6.07) is 17.5. The van der Waals surface area contributed by atoms with Gasteiger partial charge in [0.25, 0.3) is 0 Å². The van der Waals surface area contributed by atoms with Crippen LogP contribution < -0.4 is 10.1 Å². The van der Waals surface area contributed by atoms with Crippen LogP contribution in [0.15, 0.2) is 59.5 Å². The summed E-state index contributed by atoms with van der Waals surface area (Å²) in [6.45, 7) is 0.662. The van der Waals surface area contributed by atoms with Crippen LogP contribution in [0.1, 0.15) is 18.4 Å². The maximum absolute atomic E-state index is 12.1. The SMILES string of the molecule is O=C(CCSc1ccccc1)NC[C@@]1(O)CCOc2ccccc21. The van der Waals surface area contributed by atoms with E-state index >= 15 is 0 Å². The van der Waals surface area contributed by atoms with E-state index < -0.39 is 5.60 Å². The zero-order valence-electron chi connectivity index (χ0n) is 13.4. The lowest BCUT2D eigenvalue weighted by Gasteiger charge is -2.34. The Morgan fingerprint density at radius 3 is 2.75 bits per heavy atom. The van der Waals surface area contributed by atoms with Gasteiger partial charge >= 0.3 is 0 Å². The number of para-hydroxylation sites is 1. The summed E-state index contributed by atoms with van der Waals surface area (Å²) in [6.07, 6.45) is 0.900. The molecule has 1 atom stereocenters. The Labute approximate surface area is 146 Å². The molecule has 2 aromatic rings. The summed E-state index contributed by atoms with van der Waals surface area (Å²) in [4.78, 5) is 13.2. The lowest BCUT2D eigenvalue weighted by atomic mass is 9.88. The standard InChI is InChI=1S/C19H21NO3S/c21-18(10-13-24-15-6-2-1-3-7-15)20-14-19(22)11-12-23-17-9-5-4-8-16(17)19/h1-9,22H,10-14H2,(H,20,21)/t19-/m0/s1. The fraction of sp³-hybridized carbons (Fsp3) is 0.316. The minimum absolute atomic E-state index is 0.0455. The van der Waals surface area contributed by atoms with Crippen molar-refractivity contribution >= 4 is 17.7 Å². The predicted octanol–water partition coefficient (Wildman–Crippen LogP) is 2.96. The third-order valence-corrected chi connectivity index (χ3v) is 5.09. The first-order valence-electron chi connectivity index (χ1n) is 8.07. The van der Waals surface area contributed by atoms with E-state index in [4.69, 9.17) is 4.74 Å². The molecule has 2 aromatic carbocycles. The molecule has 1 amide bonds. The number of hydrogen-bond acceptors (Lipinski definition) is 4. The van der Waals surface area contributed by atoms with Gasteiger partial charge in [-0.1, -0.05) is 36.4 Å². The van der Waals surface area contributed by atoms with Crippen molar-refractivity contribution in [3.63, 3.8) is 0 Å². The van der Waals surface area contributed by atoms with Gasteiger partial charge < -0.3 is 15.2 Å². The average Bonchev–Trinajstić information content (AvgIpc) is 2.62. The lowest BCUT2D eigenvalue weighted by Crippen LogP contribution is -2.44. The Kier molecular flexibility index (Phi) is 5.43. The van der Waals surface area contributed by atoms with E-state index in [0.717, 1.165) is 10.5 Å². The Morgan fingerprint density at radius 1 is 1.17 bits per heavy atom. The first kappa shape index (κ1) is 16.9. The number of fused-ring (bicyclic) bond motifs is 1. The molecule has 0 aliphatic carbocycles. The van der Waals surface area contributed by atoms with Gasteiger partial charge in [-0.2, -0.15) is 0 Å². The summed E-state index contributed by atoms with van der Waals surface area (Å²) in [5.41, 5.74) is -0.313. The molecule has 5 heteroatoms. The van der Waals surface area contributed by atoms with Crippen molar-refractivity contribution in [2.45, 2.75) is 23.3 Å². The number of benzene rings is 2. The molecule has 0 unspecified atom stereocenters. The smallest absolute Gasteiger partial charge is 0.220 e. The van der Waals surface area contributed by atoms with Crippen LogP contribution in [0.3, 0.4) is 0 Å². The van der Waals surface area contributed by atoms with Crippen LogP contribution in [-0.2, 0) is 10.4 Å². The molecule has 0 spiro atoms. The molecule has 0 saturated carbocycles. The Hall–Kier alpha value is -1.98. The third kappa shape index (κ3) is 4.10. The molecule has 4 nitrogen and oxygen atoms in total. The predicted molar refractivity (Wildman–Crippen MR) is 95.2 cm³/mol. The molecule has 2 N–H and O–H groups in total. The number of nitrogens with one attached hydrogen (secondary N) is 1. The second kappa shape index (κ2) is 7.73. The van der Waals surface area contributed by atoms with Gasteiger partial charge in [0.15, 0.2) is 0 Å². The average molecular weight is 343 g/mol. The second-order valence-corrected chi connectivity index (χ2v) is 6.98. The molecule has 0 bridgehead atoms. The van der Waals surface area contributed by atoms with Gasteiger partial charge in [0.05, 0.1) is 13.2 Å². The first-order chi connectivity index (χ1) is 11.7. The Balaban J connectivity index is 1.49. The minimum Gasteiger partial charge on any atom is -0.493 e. The van der Waals surface area contributed by atoms with Crippen molar-refractivity contribution < 1.29 is 14.6 Å². The number of thioether (sulfide) groups is 1. The molecular weight excluding hydrogens is 322 g/mol. The quantitative estimate of drug-likeness (QED) is 0.792. The maximum Gasteiger partial charge on any atom is 0.220 e. The van der Waals surface area contributed by atoms with Crippen LogP contribution >= 0.6 is 11.8 Å². The zero-order valence-corrected chi connectivity index (χ0v) is 14.2. The normalized spacial score (nSPS) is 19.2. The number of aliphatic hydroxyl groups is 1. The van der Waals surface area contributed by atoms with Gasteiger partial charge in [0, 0.05) is 29.1 Å². The van der Waals surface area contributed by atoms with Crippen molar-refractivity contribution in [3.8, 4) is 5.75 Å². The highest BCUT2D eigenvalue weighted by Gasteiger charge is 2.35. The van der Waals surface area contributed by atoms with E-state index in [9.17, 15) is 9.90 Å². The van der Waals surface area contributed by atoms with Crippen LogP contribution in [0.4, 0.5) is 0 Å². The lowest BCUT2D eigenvalue weighted by molar-refractivity contribution is -0.122. The van der Waals surface area contributed by atoms with Gasteiger partial charge in [0.1, 0.15) is 11.4 Å². The fourth-order valence-corrected chi connectivity index (χ4v) is 3.61. The number of carbonyl (C=O) groups excluding carboxylic acids is 1. The monoisotopic (exact) mass is 343 g/mol. The molecule has 3 rings (SSSR count). The van der Waals surface area contributed by atoms with E-state index in [2.05, 4.69) is 5.32 Å². The van der Waals surface area contributed by atoms with Crippen LogP contribution in [0, 0.1) is 0 Å². The van der Waals surface area contributed by atoms with Crippen molar-refractivity contribution in [1.29, 1.82) is 0 Å². The highest BCUT2D eigenvalue weighted by Crippen LogP contribution is 2.36. The first-order valence-corrected chi connectivity index (χ1v) is 9.05. The van der Waals surface area contributed by atoms with E-state index in [1.54, 1.807) is 11.8 Å². The van der Waals surface area contributed by atoms with Gasteiger partial charge in [-0.3, -0.25) is 4.79 Å². The molecule has 0 saturated heterocycles. The van der Waals surface area contributed by atoms with Crippen molar-refractivity contribution in [1.82, 2.24) is 5.32 Å². The zero-order chi connectivity index (χ0) is 16.8. The number of hydrogen-bond donors (Lipinski definition) is 2. The third-order valence-electron chi connectivity index (χ3n) is 4.08. The van der Waals surface area contributed by atoms with Crippen LogP contribution in [0.25, 0.3) is 0 Å². The summed E-state index contributed by atoms with van der Waals surface area (Å²) < 4.78 is 5.56. The van der Waals surface area contributed by atoms with E-state index in [1.165, 1.54) is 0 Å². The molecule has 0 fully saturated rings. The minimum atomic E-state index is -1.06. The van der Waals surface area contributed by atoms with Crippen LogP contribution in [0.5, 0.6) is 5.75 Å². The van der Waals surface area contributed by atoms with E-state index in [1.807, 2.05) is 54.6 Å². The molecule has 0 radical (unpaired) electrons. The summed E-state index contributed by atoms with van der Waals surface area (Å²) in [5.74, 6) is 1.37. The van der Waals surface area contributed by atoms with E-state index in [-0.39, 0.29) is 12.5 Å². The van der Waals surface area contributed by atoms with Gasteiger partial charge in [0.2, 0.25) is 5.91 Å². The van der Waals surface area contributed by atoms with Gasteiger partial charge in [-0.05, 0) is 18.2 Å². The highest BCUT2D eigenvalue weighted by molar-refractivity contribution is 7.99. The number of ether oxygens (including phenoxy) is 1. The molecule has 0 aromatic heterocycles. The molecular formula is C19H21NO3S. The largest absolute Gasteiger partial charge is 0.493 e. The molecule has 1 aliphatic rings. The van der Waals surface area contributed by atoms with Crippen molar-refractivity contribution in [2.75, 3.05) is 18.9 Å². The topological polar surface area (TPSA) is 58.6 Å². The van der Waals surface area contributed by atoms with Gasteiger partial charge in [-0.25, -0.2) is 0 Å². The Morgan fingerprint density at radius 2 is 1.92 bits per heavy atom. The maximum atomic E-state index is 12.1. The van der Waals surface area contributed by atoms with Gasteiger partial charge in [-0.15, -0.1) is 11.8 Å². The summed E-state index contributed by atoms with van der Waals surface area (Å²) in [7, 11) is 0. The van der Waals surface area contributed by atoms with Crippen LogP contribution in [-0.4, -0.2) is 29.9 Å². The summed E-state index contributed by atoms with van der Waals surface area (Å²) >= 11 is 1.65. The number of amides is 1. The molecule has 24 heavy (non-hydrogen) atoms. The number of carbonyl (C=O) groups is 1. The molecule has 1 heterocycles.